The van der Waals surface area contributed by atoms with E-state index in [2.05, 4.69) is 0 Å². The van der Waals surface area contributed by atoms with Crippen molar-refractivity contribution in [3.05, 3.63) is 31.9 Å². The number of unbranched alkanes of at least 4 members (excludes halogenated alkanes) is 1. The van der Waals surface area contributed by atoms with Gasteiger partial charge in [-0.05, 0) is 44.7 Å². The average molecular weight is 547 g/mol. The molecule has 2 saturated heterocycles. The first-order valence-corrected chi connectivity index (χ1v) is 13.4. The summed E-state index contributed by atoms with van der Waals surface area (Å²) < 4.78 is 6.93. The van der Waals surface area contributed by atoms with E-state index in [-0.39, 0.29) is 33.3 Å². The zero-order valence-corrected chi connectivity index (χ0v) is 22.7. The van der Waals surface area contributed by atoms with E-state index in [1.165, 1.54) is 0 Å². The molecule has 37 heavy (non-hydrogen) atoms. The van der Waals surface area contributed by atoms with E-state index in [1.807, 2.05) is 17.9 Å². The Morgan fingerprint density at radius 2 is 2.05 bits per heavy atom. The Morgan fingerprint density at radius 3 is 2.68 bits per heavy atom. The fourth-order valence-corrected chi connectivity index (χ4v) is 5.77. The van der Waals surface area contributed by atoms with E-state index >= 15 is 0 Å². The minimum absolute atomic E-state index is 0.0222. The molecule has 12 heteroatoms. The van der Waals surface area contributed by atoms with Crippen LogP contribution < -0.4 is 10.5 Å². The molecule has 3 rings (SSSR count). The summed E-state index contributed by atoms with van der Waals surface area (Å²) in [6.07, 6.45) is 4.45. The van der Waals surface area contributed by atoms with Crippen LogP contribution in [-0.4, -0.2) is 63.0 Å². The minimum atomic E-state index is -1.19. The zero-order valence-electron chi connectivity index (χ0n) is 21.1. The van der Waals surface area contributed by atoms with Gasteiger partial charge in [-0.1, -0.05) is 37.3 Å². The van der Waals surface area contributed by atoms with Gasteiger partial charge in [0.1, 0.15) is 28.3 Å². The van der Waals surface area contributed by atoms with Crippen molar-refractivity contribution >= 4 is 58.0 Å². The molecular formula is C25H30N4O6S2. The van der Waals surface area contributed by atoms with Crippen molar-refractivity contribution in [3.8, 4) is 6.07 Å². The maximum Gasteiger partial charge on any atom is 0.323 e. The van der Waals surface area contributed by atoms with Gasteiger partial charge in [-0.3, -0.25) is 28.6 Å². The van der Waals surface area contributed by atoms with Crippen LogP contribution in [-0.2, 0) is 25.7 Å². The second-order valence-corrected chi connectivity index (χ2v) is 10.5. The van der Waals surface area contributed by atoms with Crippen LogP contribution >= 0.6 is 24.0 Å². The standard InChI is InChI=1S/C25H30N4O6S2/c1-4-6-10-28-21(27-9-7-8-16(13-27)24(34)35-5-2)17(15(3)18(12-26)22(28)32)11-19-23(33)29(14-20(30)31)25(36)37-19/h11,16H,4-10,13-14H2,1-3H3,(H,30,31). The number of amides is 1. The second-order valence-electron chi connectivity index (χ2n) is 8.86. The molecule has 0 bridgehead atoms. The van der Waals surface area contributed by atoms with Gasteiger partial charge in [-0.2, -0.15) is 5.26 Å². The highest BCUT2D eigenvalue weighted by Crippen LogP contribution is 2.37. The molecule has 1 amide bonds. The van der Waals surface area contributed by atoms with Crippen molar-refractivity contribution in [2.24, 2.45) is 5.92 Å². The molecule has 0 spiro atoms. The van der Waals surface area contributed by atoms with E-state index in [1.54, 1.807) is 24.5 Å². The van der Waals surface area contributed by atoms with Crippen molar-refractivity contribution in [3.63, 3.8) is 0 Å². The predicted octanol–water partition coefficient (Wildman–Crippen LogP) is 2.89. The number of aliphatic carboxylic acids is 1. The van der Waals surface area contributed by atoms with Crippen LogP contribution in [0.1, 0.15) is 56.2 Å². The lowest BCUT2D eigenvalue weighted by atomic mass is 9.96. The lowest BCUT2D eigenvalue weighted by molar-refractivity contribution is -0.148. The topological polar surface area (TPSA) is 133 Å². The Hall–Kier alpha value is -3.17. The normalized spacial score (nSPS) is 18.9. The van der Waals surface area contributed by atoms with Crippen LogP contribution in [0.25, 0.3) is 6.08 Å². The Morgan fingerprint density at radius 1 is 1.32 bits per heavy atom. The highest BCUT2D eigenvalue weighted by molar-refractivity contribution is 8.26. The summed E-state index contributed by atoms with van der Waals surface area (Å²) in [5.41, 5.74) is 0.480. The fraction of sp³-hybridized carbons (Fsp3) is 0.520. The molecule has 0 aliphatic carbocycles. The highest BCUT2D eigenvalue weighted by Gasteiger charge is 2.35. The number of carbonyl (C=O) groups excluding carboxylic acids is 2. The first-order chi connectivity index (χ1) is 17.6. The summed E-state index contributed by atoms with van der Waals surface area (Å²) >= 11 is 6.21. The minimum Gasteiger partial charge on any atom is -0.480 e. The average Bonchev–Trinajstić information content (AvgIpc) is 3.12. The zero-order chi connectivity index (χ0) is 27.3. The number of aromatic nitrogens is 1. The number of ether oxygens (including phenoxy) is 1. The predicted molar refractivity (Wildman–Crippen MR) is 144 cm³/mol. The number of hydrogen-bond acceptors (Lipinski definition) is 9. The molecular weight excluding hydrogens is 516 g/mol. The molecule has 1 unspecified atom stereocenters. The Bertz CT molecular complexity index is 1250. The number of esters is 1. The van der Waals surface area contributed by atoms with Gasteiger partial charge in [0.2, 0.25) is 0 Å². The first-order valence-electron chi connectivity index (χ1n) is 12.2. The molecule has 3 heterocycles. The summed E-state index contributed by atoms with van der Waals surface area (Å²) in [4.78, 5) is 53.4. The summed E-state index contributed by atoms with van der Waals surface area (Å²) in [6, 6.07) is 2.01. The number of thioether (sulfide) groups is 1. The van der Waals surface area contributed by atoms with Crippen molar-refractivity contribution in [1.82, 2.24) is 9.47 Å². The first kappa shape index (κ1) is 28.4. The van der Waals surface area contributed by atoms with Crippen LogP contribution in [0.15, 0.2) is 9.70 Å². The largest absolute Gasteiger partial charge is 0.480 e. The van der Waals surface area contributed by atoms with Gasteiger partial charge >= 0.3 is 11.9 Å². The Kier molecular flexibility index (Phi) is 9.50. The van der Waals surface area contributed by atoms with Gasteiger partial charge in [-0.15, -0.1) is 0 Å². The van der Waals surface area contributed by atoms with Gasteiger partial charge in [-0.25, -0.2) is 0 Å². The monoisotopic (exact) mass is 546 g/mol. The number of piperidine rings is 1. The van der Waals surface area contributed by atoms with Gasteiger partial charge in [0.15, 0.2) is 0 Å². The van der Waals surface area contributed by atoms with Crippen molar-refractivity contribution in [2.45, 2.75) is 53.0 Å². The van der Waals surface area contributed by atoms with E-state index in [9.17, 15) is 24.4 Å². The third-order valence-electron chi connectivity index (χ3n) is 6.36. The van der Waals surface area contributed by atoms with Gasteiger partial charge in [0.05, 0.1) is 17.4 Å². The number of carboxylic acid groups (broad SMARTS) is 1. The molecule has 0 saturated carbocycles. The number of nitrogens with zero attached hydrogens (tertiary/aromatic N) is 4. The fourth-order valence-electron chi connectivity index (χ4n) is 4.53. The Labute approximate surface area is 224 Å². The van der Waals surface area contributed by atoms with Gasteiger partial charge in [0.25, 0.3) is 11.5 Å². The molecule has 0 aromatic carbocycles. The third kappa shape index (κ3) is 6.05. The molecule has 2 fully saturated rings. The number of anilines is 1. The van der Waals surface area contributed by atoms with E-state index < -0.39 is 24.0 Å². The number of rotatable bonds is 9. The summed E-state index contributed by atoms with van der Waals surface area (Å²) in [5.74, 6) is -1.87. The van der Waals surface area contributed by atoms with Crippen LogP contribution in [0.3, 0.4) is 0 Å². The number of thiocarbonyl (C=S) groups is 1. The lowest BCUT2D eigenvalue weighted by Gasteiger charge is -2.36. The maximum absolute atomic E-state index is 13.4. The molecule has 1 aromatic heterocycles. The molecule has 198 valence electrons. The molecule has 1 atom stereocenters. The highest BCUT2D eigenvalue weighted by atomic mass is 32.2. The van der Waals surface area contributed by atoms with Crippen molar-refractivity contribution in [1.29, 1.82) is 5.26 Å². The number of carboxylic acids is 1. The lowest BCUT2D eigenvalue weighted by Crippen LogP contribution is -2.43. The summed E-state index contributed by atoms with van der Waals surface area (Å²) in [6.45, 7) is 6.39. The SMILES string of the molecule is CCCCn1c(N2CCCC(C(=O)OCC)C2)c(C=C2SC(=S)N(CC(=O)O)C2=O)c(C)c(C#N)c1=O. The van der Waals surface area contributed by atoms with Crippen molar-refractivity contribution < 1.29 is 24.2 Å². The number of carbonyl (C=O) groups is 3. The Balaban J connectivity index is 2.21. The van der Waals surface area contributed by atoms with Gasteiger partial charge < -0.3 is 14.7 Å². The smallest absolute Gasteiger partial charge is 0.323 e. The molecule has 1 N–H and O–H groups in total. The second kappa shape index (κ2) is 12.4. The summed E-state index contributed by atoms with van der Waals surface area (Å²) in [5, 5.41) is 19.0. The van der Waals surface area contributed by atoms with Crippen LogP contribution in [0, 0.1) is 24.2 Å². The van der Waals surface area contributed by atoms with Gasteiger partial charge in [0, 0.05) is 25.2 Å². The number of hydrogen-bond donors (Lipinski definition) is 1. The van der Waals surface area contributed by atoms with Crippen molar-refractivity contribution in [2.75, 3.05) is 31.1 Å². The maximum atomic E-state index is 13.4. The van der Waals surface area contributed by atoms with Crippen LogP contribution in [0.5, 0.6) is 0 Å². The van der Waals surface area contributed by atoms with Crippen LogP contribution in [0.2, 0.25) is 0 Å². The third-order valence-corrected chi connectivity index (χ3v) is 7.74. The molecule has 0 radical (unpaired) electrons. The molecule has 1 aromatic rings. The number of pyridine rings is 1. The molecule has 10 nitrogen and oxygen atoms in total. The quantitative estimate of drug-likeness (QED) is 0.280. The van der Waals surface area contributed by atoms with E-state index in [0.29, 0.717) is 55.8 Å². The molecule has 2 aliphatic rings. The van der Waals surface area contributed by atoms with E-state index in [4.69, 9.17) is 22.1 Å². The number of nitriles is 1. The summed E-state index contributed by atoms with van der Waals surface area (Å²) in [7, 11) is 0. The van der Waals surface area contributed by atoms with E-state index in [0.717, 1.165) is 23.1 Å². The van der Waals surface area contributed by atoms with Crippen LogP contribution in [0.4, 0.5) is 5.82 Å². The molecule has 2 aliphatic heterocycles.